The van der Waals surface area contributed by atoms with E-state index in [2.05, 4.69) is 70.2 Å². The lowest BCUT2D eigenvalue weighted by molar-refractivity contribution is -0.266. The highest BCUT2D eigenvalue weighted by molar-refractivity contribution is 5.81. The third-order valence-electron chi connectivity index (χ3n) is 15.5. The van der Waals surface area contributed by atoms with Gasteiger partial charge in [-0.15, -0.1) is 0 Å². The van der Waals surface area contributed by atoms with Crippen LogP contribution in [0.15, 0.2) is 47.0 Å². The topological polar surface area (TPSA) is 142 Å². The van der Waals surface area contributed by atoms with E-state index in [1.165, 1.54) is 12.5 Å². The van der Waals surface area contributed by atoms with Gasteiger partial charge in [-0.05, 0) is 84.0 Å². The molecular formula is C43H62N4O6. The van der Waals surface area contributed by atoms with Gasteiger partial charge in [-0.2, -0.15) is 5.26 Å². The molecule has 53 heavy (non-hydrogen) atoms. The molecule has 10 nitrogen and oxygen atoms in total. The zero-order valence-corrected chi connectivity index (χ0v) is 33.2. The van der Waals surface area contributed by atoms with Gasteiger partial charge in [0.2, 0.25) is 5.96 Å². The Balaban J connectivity index is 1.27. The Hall–Kier alpha value is -3.42. The zero-order chi connectivity index (χ0) is 38.4. The summed E-state index contributed by atoms with van der Waals surface area (Å²) in [4.78, 5) is 30.7. The number of aliphatic imine (C=N–C) groups is 1. The Bertz CT molecular complexity index is 1640. The number of carboxylic acids is 1. The summed E-state index contributed by atoms with van der Waals surface area (Å²) in [5, 5.41) is 26.2. The van der Waals surface area contributed by atoms with Crippen molar-refractivity contribution < 1.29 is 28.9 Å². The van der Waals surface area contributed by atoms with Crippen molar-refractivity contribution in [2.45, 2.75) is 113 Å². The van der Waals surface area contributed by atoms with Gasteiger partial charge < -0.3 is 24.6 Å². The normalized spacial score (nSPS) is 39.7. The molecule has 3 N–H and O–H groups in total. The van der Waals surface area contributed by atoms with Crippen molar-refractivity contribution in [1.82, 2.24) is 10.6 Å². The number of carboxylic acid groups (broad SMARTS) is 1. The molecule has 0 radical (unpaired) electrons. The molecule has 1 aliphatic heterocycles. The van der Waals surface area contributed by atoms with E-state index in [1.54, 1.807) is 0 Å². The summed E-state index contributed by atoms with van der Waals surface area (Å²) in [5.74, 6) is 0.0989. The van der Waals surface area contributed by atoms with Crippen LogP contribution >= 0.6 is 0 Å². The van der Waals surface area contributed by atoms with Gasteiger partial charge in [0.15, 0.2) is 6.19 Å². The predicted octanol–water partition coefficient (Wildman–Crippen LogP) is 7.11. The lowest BCUT2D eigenvalue weighted by Crippen LogP contribution is -2.70. The van der Waals surface area contributed by atoms with Gasteiger partial charge >= 0.3 is 11.9 Å². The highest BCUT2D eigenvalue weighted by Gasteiger charge is 2.72. The number of aliphatic carboxylic acids is 1. The first-order valence-corrected chi connectivity index (χ1v) is 19.8. The average molecular weight is 731 g/mol. The first-order chi connectivity index (χ1) is 25.1. The maximum absolute atomic E-state index is 13.4. The second kappa shape index (κ2) is 14.7. The Morgan fingerprint density at radius 1 is 1.08 bits per heavy atom. The fourth-order valence-corrected chi connectivity index (χ4v) is 12.5. The van der Waals surface area contributed by atoms with Crippen molar-refractivity contribution in [2.24, 2.45) is 61.7 Å². The molecule has 1 aromatic carbocycles. The largest absolute Gasteiger partial charge is 0.481 e. The molecule has 4 aliphatic carbocycles. The average Bonchev–Trinajstić information content (AvgIpc) is 3.10. The van der Waals surface area contributed by atoms with Crippen LogP contribution < -0.4 is 10.6 Å². The van der Waals surface area contributed by atoms with Crippen LogP contribution in [-0.2, 0) is 30.3 Å². The molecule has 5 aliphatic rings. The van der Waals surface area contributed by atoms with Gasteiger partial charge in [0.05, 0.1) is 32.3 Å². The van der Waals surface area contributed by atoms with Gasteiger partial charge in [0.1, 0.15) is 12.2 Å². The number of nitrogens with one attached hydrogen (secondary N) is 2. The monoisotopic (exact) mass is 730 g/mol. The number of esters is 1. The second-order valence-electron chi connectivity index (χ2n) is 18.3. The molecule has 6 rings (SSSR count). The molecule has 1 saturated heterocycles. The molecule has 1 aromatic rings. The van der Waals surface area contributed by atoms with E-state index in [0.29, 0.717) is 57.6 Å². The van der Waals surface area contributed by atoms with Crippen LogP contribution in [0.3, 0.4) is 0 Å². The van der Waals surface area contributed by atoms with Crippen molar-refractivity contribution in [1.29, 1.82) is 5.26 Å². The predicted molar refractivity (Wildman–Crippen MR) is 203 cm³/mol. The van der Waals surface area contributed by atoms with E-state index >= 15 is 0 Å². The minimum atomic E-state index is -0.661. The minimum Gasteiger partial charge on any atom is -0.481 e. The van der Waals surface area contributed by atoms with Crippen molar-refractivity contribution in [2.75, 3.05) is 26.4 Å². The van der Waals surface area contributed by atoms with E-state index in [4.69, 9.17) is 14.2 Å². The van der Waals surface area contributed by atoms with Crippen LogP contribution in [-0.4, -0.2) is 61.6 Å². The Kier molecular flexibility index (Phi) is 10.9. The van der Waals surface area contributed by atoms with Gasteiger partial charge in [-0.1, -0.05) is 90.4 Å². The number of fused-ring (bicyclic) bond motifs is 3. The van der Waals surface area contributed by atoms with Crippen molar-refractivity contribution in [3.63, 3.8) is 0 Å². The molecule has 0 amide bonds. The molecular weight excluding hydrogens is 668 g/mol. The number of nitrogens with zero attached hydrogens (tertiary/aromatic N) is 2. The Labute approximate surface area is 316 Å². The van der Waals surface area contributed by atoms with Crippen molar-refractivity contribution in [3.8, 4) is 6.19 Å². The first-order valence-electron chi connectivity index (χ1n) is 19.8. The highest BCUT2D eigenvalue weighted by atomic mass is 16.6. The Morgan fingerprint density at radius 3 is 2.47 bits per heavy atom. The fourth-order valence-electron chi connectivity index (χ4n) is 12.5. The zero-order valence-electron chi connectivity index (χ0n) is 33.2. The number of hydrogen-bond donors (Lipinski definition) is 3. The van der Waals surface area contributed by atoms with Crippen LogP contribution in [0, 0.1) is 68.1 Å². The number of carbonyl (C=O) groups excluding carboxylic acids is 1. The summed E-state index contributed by atoms with van der Waals surface area (Å²) >= 11 is 0. The molecule has 11 atom stereocenters. The summed E-state index contributed by atoms with van der Waals surface area (Å²) in [6, 6.07) is 9.85. The molecule has 10 heteroatoms. The third-order valence-corrected chi connectivity index (χ3v) is 15.5. The number of allylic oxidation sites excluding steroid dienone is 1. The summed E-state index contributed by atoms with van der Waals surface area (Å²) in [5.41, 5.74) is 0.801. The molecule has 2 bridgehead atoms. The SMILES string of the molecule is CC(=O)O[C@@H]1C[C@@]23COCC(C)(C2CC[C@H]2C3=CC[C@@]3(C)[C@H](C(=O)O)[C@@](C)([C@H](C)C(C)C)CC[C@]23C)[C@H]1OCCNC(=NCc1ccccc1)NC#N. The van der Waals surface area contributed by atoms with Gasteiger partial charge in [0.25, 0.3) is 0 Å². The third kappa shape index (κ3) is 6.48. The van der Waals surface area contributed by atoms with Crippen LogP contribution in [0.5, 0.6) is 0 Å². The van der Waals surface area contributed by atoms with E-state index < -0.39 is 28.8 Å². The number of carbonyl (C=O) groups is 2. The first kappa shape index (κ1) is 39.3. The number of nitriles is 1. The molecule has 0 spiro atoms. The molecule has 1 heterocycles. The van der Waals surface area contributed by atoms with Crippen molar-refractivity contribution in [3.05, 3.63) is 47.5 Å². The molecule has 0 aromatic heterocycles. The number of benzene rings is 1. The second-order valence-corrected chi connectivity index (χ2v) is 18.3. The number of rotatable bonds is 10. The summed E-state index contributed by atoms with van der Waals surface area (Å²) in [7, 11) is 0. The Morgan fingerprint density at radius 2 is 1.81 bits per heavy atom. The lowest BCUT2D eigenvalue weighted by Gasteiger charge is -2.71. The van der Waals surface area contributed by atoms with E-state index in [-0.39, 0.29) is 46.1 Å². The fraction of sp³-hybridized carbons (Fsp3) is 0.721. The van der Waals surface area contributed by atoms with Crippen LogP contribution in [0.4, 0.5) is 0 Å². The summed E-state index contributed by atoms with van der Waals surface area (Å²) < 4.78 is 19.5. The van der Waals surface area contributed by atoms with Crippen LogP contribution in [0.25, 0.3) is 0 Å². The van der Waals surface area contributed by atoms with E-state index in [0.717, 1.165) is 31.2 Å². The smallest absolute Gasteiger partial charge is 0.307 e. The quantitative estimate of drug-likeness (QED) is 0.0437. The highest BCUT2D eigenvalue weighted by Crippen LogP contribution is 2.75. The number of hydrogen-bond acceptors (Lipinski definition) is 7. The molecule has 4 fully saturated rings. The summed E-state index contributed by atoms with van der Waals surface area (Å²) in [6.45, 7) is 19.6. The molecule has 290 valence electrons. The van der Waals surface area contributed by atoms with Crippen LogP contribution in [0.1, 0.15) is 99.5 Å². The maximum atomic E-state index is 13.4. The standard InChI is InChI=1S/C43H62N4O6/c1-27(2)28(3)39(5)18-19-41(7)31-14-15-34-40(6)24-51-25-43(34,32(31)16-17-42(41,8)35(39)37(49)50)22-33(53-29(4)48)36(40)52-21-20-45-38(47-26-44)46-23-30-12-10-9-11-13-30/h9-13,16,27-28,31,33-36H,14-15,17-25H2,1-8H3,(H,49,50)(H2,45,46,47)/t28-,31+,33-,34?,35-,36+,39-,40?,41-,42+,43+/m1/s1. The number of guanidine groups is 1. The van der Waals surface area contributed by atoms with Crippen LogP contribution in [0.2, 0.25) is 0 Å². The molecule has 2 unspecified atom stereocenters. The molecule has 3 saturated carbocycles. The summed E-state index contributed by atoms with van der Waals surface area (Å²) in [6.07, 6.45) is 8.73. The van der Waals surface area contributed by atoms with E-state index in [1.807, 2.05) is 36.5 Å². The maximum Gasteiger partial charge on any atom is 0.307 e. The lowest BCUT2D eigenvalue weighted by atomic mass is 9.34. The number of ether oxygens (including phenoxy) is 3. The van der Waals surface area contributed by atoms with Gasteiger partial charge in [-0.3, -0.25) is 14.9 Å². The van der Waals surface area contributed by atoms with Gasteiger partial charge in [-0.25, -0.2) is 4.99 Å². The minimum absolute atomic E-state index is 0.197. The van der Waals surface area contributed by atoms with E-state index in [9.17, 15) is 20.0 Å². The van der Waals surface area contributed by atoms with Crippen molar-refractivity contribution >= 4 is 17.9 Å². The van der Waals surface area contributed by atoms with Gasteiger partial charge in [0, 0.05) is 24.3 Å².